The molecule has 1 N–H and O–H groups in total. The van der Waals surface area contributed by atoms with E-state index >= 15 is 0 Å². The number of sulfonamides is 1. The summed E-state index contributed by atoms with van der Waals surface area (Å²) in [5.41, 5.74) is 0.793. The molecule has 0 unspecified atom stereocenters. The number of ether oxygens (including phenoxy) is 1. The molecular weight excluding hydrogens is 359 g/mol. The number of hydrogen-bond acceptors (Lipinski definition) is 4. The first-order valence-corrected chi connectivity index (χ1v) is 9.79. The van der Waals surface area contributed by atoms with Gasteiger partial charge in [0.15, 0.2) is 5.60 Å². The molecule has 3 rings (SSSR count). The summed E-state index contributed by atoms with van der Waals surface area (Å²) in [6, 6.07) is 8.79. The lowest BCUT2D eigenvalue weighted by Crippen LogP contribution is -2.50. The Kier molecular flexibility index (Phi) is 4.18. The maximum absolute atomic E-state index is 13.3. The SMILES string of the molecule is Cc1cc2c(cc1NS(C)(=O)=O)OC(C)(C)C(=O)N2c1ccc(F)cc1. The summed E-state index contributed by atoms with van der Waals surface area (Å²) in [4.78, 5) is 14.4. The maximum atomic E-state index is 13.3. The summed E-state index contributed by atoms with van der Waals surface area (Å²) in [6.45, 7) is 4.97. The van der Waals surface area contributed by atoms with Crippen molar-refractivity contribution in [3.8, 4) is 5.75 Å². The van der Waals surface area contributed by atoms with Crippen LogP contribution in [0.15, 0.2) is 36.4 Å². The molecule has 0 bridgehead atoms. The van der Waals surface area contributed by atoms with E-state index in [9.17, 15) is 17.6 Å². The van der Waals surface area contributed by atoms with Crippen molar-refractivity contribution >= 4 is 33.0 Å². The van der Waals surface area contributed by atoms with E-state index in [1.165, 1.54) is 29.2 Å². The van der Waals surface area contributed by atoms with Crippen LogP contribution in [0, 0.1) is 12.7 Å². The lowest BCUT2D eigenvalue weighted by Gasteiger charge is -2.39. The van der Waals surface area contributed by atoms with Crippen LogP contribution >= 0.6 is 0 Å². The van der Waals surface area contributed by atoms with E-state index in [2.05, 4.69) is 4.72 Å². The van der Waals surface area contributed by atoms with Gasteiger partial charge in [0.25, 0.3) is 5.91 Å². The minimum absolute atomic E-state index is 0.306. The van der Waals surface area contributed by atoms with Gasteiger partial charge in [-0.15, -0.1) is 0 Å². The summed E-state index contributed by atoms with van der Waals surface area (Å²) < 4.78 is 44.7. The number of carbonyl (C=O) groups excluding carboxylic acids is 1. The van der Waals surface area contributed by atoms with Crippen LogP contribution in [0.3, 0.4) is 0 Å². The lowest BCUT2D eigenvalue weighted by atomic mass is 10.0. The molecule has 0 atom stereocenters. The molecule has 138 valence electrons. The van der Waals surface area contributed by atoms with Crippen molar-refractivity contribution in [1.82, 2.24) is 0 Å². The smallest absolute Gasteiger partial charge is 0.275 e. The third-order valence-corrected chi connectivity index (χ3v) is 4.60. The fourth-order valence-electron chi connectivity index (χ4n) is 2.78. The number of nitrogens with zero attached hydrogens (tertiary/aromatic N) is 1. The molecule has 1 aliphatic rings. The number of nitrogens with one attached hydrogen (secondary N) is 1. The van der Waals surface area contributed by atoms with E-state index < -0.39 is 21.4 Å². The molecule has 0 radical (unpaired) electrons. The normalized spacial score (nSPS) is 16.0. The Morgan fingerprint density at radius 1 is 1.15 bits per heavy atom. The van der Waals surface area contributed by atoms with Crippen LogP contribution in [0.25, 0.3) is 0 Å². The van der Waals surface area contributed by atoms with Gasteiger partial charge in [-0.1, -0.05) is 0 Å². The number of fused-ring (bicyclic) bond motifs is 1. The molecule has 2 aromatic rings. The number of carbonyl (C=O) groups is 1. The van der Waals surface area contributed by atoms with Crippen LogP contribution < -0.4 is 14.4 Å². The van der Waals surface area contributed by atoms with Crippen molar-refractivity contribution in [3.05, 3.63) is 47.8 Å². The highest BCUT2D eigenvalue weighted by Gasteiger charge is 2.42. The number of hydrogen-bond donors (Lipinski definition) is 1. The molecule has 0 aliphatic carbocycles. The predicted molar refractivity (Wildman–Crippen MR) is 97.9 cm³/mol. The average molecular weight is 378 g/mol. The monoisotopic (exact) mass is 378 g/mol. The molecule has 0 saturated heterocycles. The standard InChI is InChI=1S/C18H19FN2O4S/c1-11-9-15-16(10-14(11)20-26(4,23)24)25-18(2,3)17(22)21(15)13-7-5-12(19)6-8-13/h5-10,20H,1-4H3. The van der Waals surface area contributed by atoms with Crippen LogP contribution in [0.5, 0.6) is 5.75 Å². The van der Waals surface area contributed by atoms with Crippen LogP contribution in [0.4, 0.5) is 21.5 Å². The van der Waals surface area contributed by atoms with Crippen molar-refractivity contribution in [2.75, 3.05) is 15.9 Å². The summed E-state index contributed by atoms with van der Waals surface area (Å²) in [5, 5.41) is 0. The summed E-state index contributed by atoms with van der Waals surface area (Å²) in [6.07, 6.45) is 1.06. The second kappa shape index (κ2) is 5.98. The minimum atomic E-state index is -3.46. The van der Waals surface area contributed by atoms with Gasteiger partial charge in [-0.2, -0.15) is 0 Å². The van der Waals surface area contributed by atoms with Crippen molar-refractivity contribution in [3.63, 3.8) is 0 Å². The second-order valence-electron chi connectivity index (χ2n) is 6.74. The Balaban J connectivity index is 2.18. The van der Waals surface area contributed by atoms with Gasteiger partial charge >= 0.3 is 0 Å². The highest BCUT2D eigenvalue weighted by atomic mass is 32.2. The zero-order valence-electron chi connectivity index (χ0n) is 14.8. The molecule has 0 saturated carbocycles. The second-order valence-corrected chi connectivity index (χ2v) is 8.49. The first-order valence-electron chi connectivity index (χ1n) is 7.89. The quantitative estimate of drug-likeness (QED) is 0.889. The summed E-state index contributed by atoms with van der Waals surface area (Å²) in [5.74, 6) is -0.353. The molecule has 1 amide bonds. The van der Waals surface area contributed by atoms with E-state index in [0.717, 1.165) is 6.26 Å². The van der Waals surface area contributed by atoms with Gasteiger partial charge in [-0.05, 0) is 56.7 Å². The van der Waals surface area contributed by atoms with Crippen LogP contribution in [0.1, 0.15) is 19.4 Å². The van der Waals surface area contributed by atoms with E-state index in [1.54, 1.807) is 32.9 Å². The molecular formula is C18H19FN2O4S. The molecule has 1 aliphatic heterocycles. The third-order valence-electron chi connectivity index (χ3n) is 4.01. The fraction of sp³-hybridized carbons (Fsp3) is 0.278. The number of anilines is 3. The molecule has 8 heteroatoms. The number of amides is 1. The zero-order chi connectivity index (χ0) is 19.3. The molecule has 26 heavy (non-hydrogen) atoms. The van der Waals surface area contributed by atoms with E-state index in [-0.39, 0.29) is 5.91 Å². The number of benzene rings is 2. The van der Waals surface area contributed by atoms with Gasteiger partial charge < -0.3 is 4.74 Å². The Hall–Kier alpha value is -2.61. The average Bonchev–Trinajstić information content (AvgIpc) is 2.50. The predicted octanol–water partition coefficient (Wildman–Crippen LogP) is 3.34. The fourth-order valence-corrected chi connectivity index (χ4v) is 3.40. The Labute approximate surface area is 151 Å². The third kappa shape index (κ3) is 3.37. The highest BCUT2D eigenvalue weighted by Crippen LogP contribution is 2.44. The topological polar surface area (TPSA) is 75.7 Å². The van der Waals surface area contributed by atoms with Crippen molar-refractivity contribution in [2.45, 2.75) is 26.4 Å². The van der Waals surface area contributed by atoms with E-state index in [0.29, 0.717) is 28.4 Å². The molecule has 0 fully saturated rings. The van der Waals surface area contributed by atoms with Crippen molar-refractivity contribution in [1.29, 1.82) is 0 Å². The molecule has 6 nitrogen and oxygen atoms in total. The number of aryl methyl sites for hydroxylation is 1. The molecule has 0 aromatic heterocycles. The van der Waals surface area contributed by atoms with Gasteiger partial charge in [0, 0.05) is 11.8 Å². The summed E-state index contributed by atoms with van der Waals surface area (Å²) >= 11 is 0. The number of rotatable bonds is 3. The zero-order valence-corrected chi connectivity index (χ0v) is 15.6. The first kappa shape index (κ1) is 18.2. The van der Waals surface area contributed by atoms with E-state index in [1.807, 2.05) is 0 Å². The lowest BCUT2D eigenvalue weighted by molar-refractivity contribution is -0.131. The summed E-state index contributed by atoms with van der Waals surface area (Å²) in [7, 11) is -3.46. The van der Waals surface area contributed by atoms with Crippen LogP contribution in [-0.4, -0.2) is 26.2 Å². The maximum Gasteiger partial charge on any atom is 0.275 e. The minimum Gasteiger partial charge on any atom is -0.476 e. The number of halogens is 1. The van der Waals surface area contributed by atoms with Crippen LogP contribution in [0.2, 0.25) is 0 Å². The Bertz CT molecular complexity index is 985. The Morgan fingerprint density at radius 3 is 2.35 bits per heavy atom. The van der Waals surface area contributed by atoms with Gasteiger partial charge in [-0.25, -0.2) is 12.8 Å². The molecule has 1 heterocycles. The van der Waals surface area contributed by atoms with Crippen molar-refractivity contribution in [2.24, 2.45) is 0 Å². The van der Waals surface area contributed by atoms with Gasteiger partial charge in [0.1, 0.15) is 11.6 Å². The Morgan fingerprint density at radius 2 is 1.77 bits per heavy atom. The largest absolute Gasteiger partial charge is 0.476 e. The first-order chi connectivity index (χ1) is 12.0. The van der Waals surface area contributed by atoms with Gasteiger partial charge in [-0.3, -0.25) is 14.4 Å². The van der Waals surface area contributed by atoms with Crippen LogP contribution in [-0.2, 0) is 14.8 Å². The molecule has 2 aromatic carbocycles. The van der Waals surface area contributed by atoms with Gasteiger partial charge in [0.05, 0.1) is 17.6 Å². The highest BCUT2D eigenvalue weighted by molar-refractivity contribution is 7.92. The van der Waals surface area contributed by atoms with E-state index in [4.69, 9.17) is 4.74 Å². The van der Waals surface area contributed by atoms with Crippen molar-refractivity contribution < 1.29 is 22.3 Å². The molecule has 0 spiro atoms. The van der Waals surface area contributed by atoms with Gasteiger partial charge in [0.2, 0.25) is 10.0 Å².